The summed E-state index contributed by atoms with van der Waals surface area (Å²) in [7, 11) is -7.92. The Balaban J connectivity index is 0.000000228. The highest BCUT2D eigenvalue weighted by molar-refractivity contribution is 7.92. The number of phenolic OH excluding ortho intramolecular Hbond substituents is 2. The van der Waals surface area contributed by atoms with Crippen LogP contribution in [0.25, 0.3) is 0 Å². The highest BCUT2D eigenvalue weighted by atomic mass is 32.2. The molecule has 0 atom stereocenters. The van der Waals surface area contributed by atoms with Crippen LogP contribution in [0.2, 0.25) is 0 Å². The third-order valence-corrected chi connectivity index (χ3v) is 9.81. The molecule has 8 N–H and O–H groups in total. The Hall–Kier alpha value is -5.76. The zero-order valence-electron chi connectivity index (χ0n) is 26.7. The first kappa shape index (κ1) is 37.1. The Morgan fingerprint density at radius 1 is 0.700 bits per heavy atom. The Morgan fingerprint density at radius 3 is 1.56 bits per heavy atom. The minimum absolute atomic E-state index is 0.0203. The van der Waals surface area contributed by atoms with Crippen LogP contribution in [0.5, 0.6) is 11.5 Å². The van der Waals surface area contributed by atoms with E-state index >= 15 is 0 Å². The van der Waals surface area contributed by atoms with Gasteiger partial charge in [0.15, 0.2) is 0 Å². The van der Waals surface area contributed by atoms with Crippen molar-refractivity contribution in [2.24, 2.45) is 0 Å². The Kier molecular flexibility index (Phi) is 11.9. The van der Waals surface area contributed by atoms with Crippen LogP contribution in [0.4, 0.5) is 26.7 Å². The average Bonchev–Trinajstić information content (AvgIpc) is 3.48. The summed E-state index contributed by atoms with van der Waals surface area (Å²) in [4.78, 5) is 45.6. The third kappa shape index (κ3) is 9.89. The summed E-state index contributed by atoms with van der Waals surface area (Å²) in [6.45, 7) is 2.28. The van der Waals surface area contributed by atoms with Crippen molar-refractivity contribution in [3.8, 4) is 11.5 Å². The van der Waals surface area contributed by atoms with E-state index in [-0.39, 0.29) is 48.0 Å². The van der Waals surface area contributed by atoms with Gasteiger partial charge in [-0.15, -0.1) is 0 Å². The molecule has 6 amide bonds. The molecule has 2 aliphatic heterocycles. The molecule has 0 saturated carbocycles. The molecule has 0 radical (unpaired) electrons. The van der Waals surface area contributed by atoms with Gasteiger partial charge in [0.05, 0.1) is 11.4 Å². The van der Waals surface area contributed by atoms with Crippen molar-refractivity contribution in [3.63, 3.8) is 0 Å². The lowest BCUT2D eigenvalue weighted by Crippen LogP contribution is -2.36. The van der Waals surface area contributed by atoms with E-state index in [0.29, 0.717) is 43.7 Å². The molecule has 0 aliphatic carbocycles. The third-order valence-electron chi connectivity index (χ3n) is 7.02. The first-order chi connectivity index (χ1) is 23.7. The molecule has 0 spiro atoms. The summed E-state index contributed by atoms with van der Waals surface area (Å²) in [5.41, 5.74) is 2.15. The van der Waals surface area contributed by atoms with E-state index in [1.807, 2.05) is 34.6 Å². The summed E-state index contributed by atoms with van der Waals surface area (Å²) in [5, 5.41) is 30.8. The predicted molar refractivity (Wildman–Crippen MR) is 183 cm³/mol. The second kappa shape index (κ2) is 16.1. The molecule has 5 rings (SSSR count). The van der Waals surface area contributed by atoms with Gasteiger partial charge in [-0.05, 0) is 67.3 Å². The number of nitrogens with zero attached hydrogens (tertiary/aromatic N) is 2. The second-order valence-corrected chi connectivity index (χ2v) is 13.9. The number of nitrogens with one attached hydrogen (secondary N) is 6. The summed E-state index contributed by atoms with van der Waals surface area (Å²) in [6.07, 6.45) is 0.898. The molecule has 2 heterocycles. The molecule has 50 heavy (non-hydrogen) atoms. The molecular formula is C30H36N8O10S2. The molecule has 0 bridgehead atoms. The van der Waals surface area contributed by atoms with Gasteiger partial charge in [0.2, 0.25) is 0 Å². The zero-order chi connectivity index (χ0) is 36.5. The van der Waals surface area contributed by atoms with Gasteiger partial charge in [0.1, 0.15) is 24.6 Å². The van der Waals surface area contributed by atoms with E-state index in [4.69, 9.17) is 0 Å². The van der Waals surface area contributed by atoms with Gasteiger partial charge >= 0.3 is 32.5 Å². The fourth-order valence-electron chi connectivity index (χ4n) is 4.75. The molecule has 2 aliphatic rings. The van der Waals surface area contributed by atoms with Crippen LogP contribution in [-0.2, 0) is 42.8 Å². The minimum atomic E-state index is -3.97. The van der Waals surface area contributed by atoms with E-state index < -0.39 is 32.2 Å². The van der Waals surface area contributed by atoms with Crippen molar-refractivity contribution < 1.29 is 46.2 Å². The highest BCUT2D eigenvalue weighted by Gasteiger charge is 2.36. The van der Waals surface area contributed by atoms with E-state index in [1.54, 1.807) is 24.3 Å². The molecule has 0 unspecified atom stereocenters. The Morgan fingerprint density at radius 2 is 1.16 bits per heavy atom. The van der Waals surface area contributed by atoms with Crippen molar-refractivity contribution in [2.45, 2.75) is 19.8 Å². The SMILES string of the molecule is CCNC(=O)NCCc1ccc(N2CC(=O)NS2(=O)=O)c(O)c1.O=C1CN(c2ccc(CCNC(=O)Nc3ccccc3)cc2O)S(=O)(=O)N1. The number of para-hydroxylation sites is 1. The fraction of sp³-hybridized carbons (Fsp3) is 0.267. The number of carbonyl (C=O) groups excluding carboxylic acids is 4. The summed E-state index contributed by atoms with van der Waals surface area (Å²) in [6, 6.07) is 17.3. The van der Waals surface area contributed by atoms with Gasteiger partial charge in [0.25, 0.3) is 11.8 Å². The van der Waals surface area contributed by atoms with Crippen LogP contribution in [0, 0.1) is 0 Å². The van der Waals surface area contributed by atoms with Gasteiger partial charge in [-0.25, -0.2) is 27.6 Å². The summed E-state index contributed by atoms with van der Waals surface area (Å²) in [5.74, 6) is -1.83. The van der Waals surface area contributed by atoms with Crippen LogP contribution in [-0.4, -0.2) is 83.6 Å². The van der Waals surface area contributed by atoms with Crippen molar-refractivity contribution >= 4 is 61.4 Å². The molecule has 2 fully saturated rings. The number of aromatic hydroxyl groups is 2. The normalized spacial score (nSPS) is 15.6. The smallest absolute Gasteiger partial charge is 0.326 e. The van der Waals surface area contributed by atoms with Gasteiger partial charge in [-0.2, -0.15) is 16.8 Å². The van der Waals surface area contributed by atoms with Gasteiger partial charge in [-0.3, -0.25) is 9.59 Å². The molecule has 18 nitrogen and oxygen atoms in total. The van der Waals surface area contributed by atoms with Crippen molar-refractivity contribution in [1.29, 1.82) is 0 Å². The van der Waals surface area contributed by atoms with Crippen LogP contribution >= 0.6 is 0 Å². The van der Waals surface area contributed by atoms with Gasteiger partial charge in [0, 0.05) is 25.3 Å². The number of benzene rings is 3. The summed E-state index contributed by atoms with van der Waals surface area (Å²) < 4.78 is 52.5. The molecule has 20 heteroatoms. The topological polar surface area (TPSA) is 256 Å². The van der Waals surface area contributed by atoms with E-state index in [2.05, 4.69) is 21.3 Å². The van der Waals surface area contributed by atoms with E-state index in [1.165, 1.54) is 24.3 Å². The van der Waals surface area contributed by atoms with Crippen LogP contribution in [0.3, 0.4) is 0 Å². The maximum absolute atomic E-state index is 11.8. The van der Waals surface area contributed by atoms with Crippen molar-refractivity contribution in [1.82, 2.24) is 25.4 Å². The molecular weight excluding hydrogens is 697 g/mol. The maximum Gasteiger partial charge on any atom is 0.326 e. The molecule has 2 saturated heterocycles. The first-order valence-corrected chi connectivity index (χ1v) is 18.0. The average molecular weight is 733 g/mol. The molecule has 3 aromatic rings. The number of carbonyl (C=O) groups is 4. The van der Waals surface area contributed by atoms with Crippen LogP contribution in [0.15, 0.2) is 66.7 Å². The second-order valence-electron chi connectivity index (χ2n) is 10.8. The van der Waals surface area contributed by atoms with Crippen molar-refractivity contribution in [2.75, 3.05) is 46.7 Å². The number of hydrogen-bond acceptors (Lipinski definition) is 10. The minimum Gasteiger partial charge on any atom is -0.506 e. The largest absolute Gasteiger partial charge is 0.506 e. The van der Waals surface area contributed by atoms with Crippen LogP contribution in [0.1, 0.15) is 18.1 Å². The zero-order valence-corrected chi connectivity index (χ0v) is 28.3. The molecule has 268 valence electrons. The number of phenols is 2. The lowest BCUT2D eigenvalue weighted by molar-refractivity contribution is -0.118. The van der Waals surface area contributed by atoms with Crippen LogP contribution < -0.4 is 39.3 Å². The Bertz CT molecular complexity index is 1960. The summed E-state index contributed by atoms with van der Waals surface area (Å²) >= 11 is 0. The first-order valence-electron chi connectivity index (χ1n) is 15.1. The fourth-order valence-corrected chi connectivity index (χ4v) is 7.08. The lowest BCUT2D eigenvalue weighted by Gasteiger charge is -2.16. The number of amides is 6. The number of rotatable bonds is 10. The quantitative estimate of drug-likeness (QED) is 0.142. The maximum atomic E-state index is 11.8. The molecule has 3 aromatic carbocycles. The van der Waals surface area contributed by atoms with Gasteiger partial charge in [-0.1, -0.05) is 30.3 Å². The van der Waals surface area contributed by atoms with Crippen molar-refractivity contribution in [3.05, 3.63) is 77.9 Å². The standard InChI is InChI=1S/C17H18N4O5S.C13H18N4O5S/c22-15-10-12(6-7-14(15)21-11-16(23)20-27(21,25)26)8-9-18-17(24)19-13-4-2-1-3-5-13;1-2-14-13(20)15-6-5-9-3-4-10(11(18)7-9)17-8-12(19)16-23(17,21)22/h1-7,10,22H,8-9,11H2,(H,20,23)(H2,18,19,24);3-4,7,18H,2,5-6,8H2,1H3,(H,16,19)(H2,14,15,20). The highest BCUT2D eigenvalue weighted by Crippen LogP contribution is 2.32. The van der Waals surface area contributed by atoms with Gasteiger partial charge < -0.3 is 31.5 Å². The number of anilines is 3. The predicted octanol–water partition coefficient (Wildman–Crippen LogP) is 0.372. The number of urea groups is 2. The molecule has 0 aromatic heterocycles. The monoisotopic (exact) mass is 732 g/mol. The van der Waals surface area contributed by atoms with E-state index in [0.717, 1.165) is 14.2 Å². The van der Waals surface area contributed by atoms with E-state index in [9.17, 15) is 46.2 Å². The lowest BCUT2D eigenvalue weighted by atomic mass is 10.1. The Labute approximate surface area is 288 Å². The number of hydrogen-bond donors (Lipinski definition) is 8.